The average molecular weight is 241 g/mol. The predicted molar refractivity (Wildman–Crippen MR) is 52.3 cm³/mol. The van der Waals surface area contributed by atoms with Crippen LogP contribution < -0.4 is 0 Å². The van der Waals surface area contributed by atoms with E-state index >= 15 is 0 Å². The third-order valence-corrected chi connectivity index (χ3v) is 2.18. The third-order valence-electron chi connectivity index (χ3n) is 2.18. The smallest absolute Gasteiger partial charge is 0.356 e. The van der Waals surface area contributed by atoms with E-state index in [4.69, 9.17) is 4.52 Å². The second kappa shape index (κ2) is 4.04. The van der Waals surface area contributed by atoms with Crippen molar-refractivity contribution in [2.45, 2.75) is 6.18 Å². The van der Waals surface area contributed by atoms with Crippen molar-refractivity contribution in [1.29, 1.82) is 0 Å². The normalized spacial score (nSPS) is 11.5. The first-order valence-corrected chi connectivity index (χ1v) is 4.60. The number of nitrogens with zero attached hydrogens (tertiary/aromatic N) is 1. The zero-order valence-electron chi connectivity index (χ0n) is 8.36. The summed E-state index contributed by atoms with van der Waals surface area (Å²) >= 11 is 0. The topological polar surface area (TPSA) is 43.1 Å². The molecule has 17 heavy (non-hydrogen) atoms. The first-order chi connectivity index (χ1) is 8.02. The lowest BCUT2D eigenvalue weighted by molar-refractivity contribution is -0.137. The maximum Gasteiger partial charge on any atom is 0.416 e. The van der Waals surface area contributed by atoms with Crippen LogP contribution in [0.15, 0.2) is 35.0 Å². The minimum Gasteiger partial charge on any atom is -0.356 e. The van der Waals surface area contributed by atoms with Gasteiger partial charge in [0.25, 0.3) is 0 Å². The van der Waals surface area contributed by atoms with Crippen molar-refractivity contribution in [1.82, 2.24) is 5.16 Å². The zero-order valence-corrected chi connectivity index (χ0v) is 8.36. The number of carbonyl (C=O) groups is 1. The van der Waals surface area contributed by atoms with Gasteiger partial charge in [0, 0.05) is 5.56 Å². The molecule has 0 N–H and O–H groups in total. The molecule has 0 aliphatic heterocycles. The number of carbonyl (C=O) groups excluding carboxylic acids is 1. The van der Waals surface area contributed by atoms with Gasteiger partial charge in [-0.05, 0) is 12.1 Å². The molecular weight excluding hydrogens is 235 g/mol. The summed E-state index contributed by atoms with van der Waals surface area (Å²) in [5, 5.41) is 3.37. The molecule has 0 saturated heterocycles. The van der Waals surface area contributed by atoms with Crippen molar-refractivity contribution >= 4 is 6.29 Å². The number of alkyl halides is 3. The van der Waals surface area contributed by atoms with Gasteiger partial charge in [-0.15, -0.1) is 0 Å². The summed E-state index contributed by atoms with van der Waals surface area (Å²) in [7, 11) is 0. The minimum atomic E-state index is -4.43. The number of halogens is 3. The van der Waals surface area contributed by atoms with Crippen LogP contribution in [-0.2, 0) is 6.18 Å². The Morgan fingerprint density at radius 3 is 2.71 bits per heavy atom. The maximum absolute atomic E-state index is 12.5. The number of rotatable bonds is 2. The highest BCUT2D eigenvalue weighted by molar-refractivity contribution is 5.84. The molecule has 0 unspecified atom stereocenters. The molecule has 0 atom stereocenters. The number of hydrogen-bond donors (Lipinski definition) is 0. The Bertz CT molecular complexity index is 546. The summed E-state index contributed by atoms with van der Waals surface area (Å²) in [4.78, 5) is 10.6. The molecule has 2 aromatic rings. The Morgan fingerprint density at radius 2 is 2.06 bits per heavy atom. The summed E-state index contributed by atoms with van der Waals surface area (Å²) in [6.07, 6.45) is -2.80. The van der Waals surface area contributed by atoms with Crippen LogP contribution in [0.1, 0.15) is 15.9 Å². The average Bonchev–Trinajstić information content (AvgIpc) is 2.76. The third kappa shape index (κ3) is 2.20. The molecule has 2 rings (SSSR count). The van der Waals surface area contributed by atoms with Crippen molar-refractivity contribution in [2.75, 3.05) is 0 Å². The monoisotopic (exact) mass is 241 g/mol. The Morgan fingerprint density at radius 1 is 1.29 bits per heavy atom. The van der Waals surface area contributed by atoms with E-state index in [0.29, 0.717) is 6.29 Å². The van der Waals surface area contributed by atoms with E-state index in [-0.39, 0.29) is 16.9 Å². The quantitative estimate of drug-likeness (QED) is 0.758. The Hall–Kier alpha value is -2.11. The largest absolute Gasteiger partial charge is 0.416 e. The molecule has 1 aromatic heterocycles. The molecule has 6 heteroatoms. The van der Waals surface area contributed by atoms with Crippen LogP contribution in [-0.4, -0.2) is 11.4 Å². The Labute approximate surface area is 93.8 Å². The number of aromatic nitrogens is 1. The van der Waals surface area contributed by atoms with Crippen molar-refractivity contribution < 1.29 is 22.5 Å². The van der Waals surface area contributed by atoms with Gasteiger partial charge in [-0.1, -0.05) is 17.3 Å². The molecule has 3 nitrogen and oxygen atoms in total. The Balaban J connectivity index is 2.51. The minimum absolute atomic E-state index is 0.0334. The van der Waals surface area contributed by atoms with Gasteiger partial charge >= 0.3 is 6.18 Å². The first-order valence-electron chi connectivity index (χ1n) is 4.60. The van der Waals surface area contributed by atoms with Gasteiger partial charge in [0.15, 0.2) is 12.0 Å². The van der Waals surface area contributed by atoms with E-state index in [2.05, 4.69) is 5.16 Å². The van der Waals surface area contributed by atoms with Crippen LogP contribution >= 0.6 is 0 Å². The molecule has 0 aliphatic carbocycles. The molecule has 1 heterocycles. The molecule has 0 radical (unpaired) electrons. The second-order valence-corrected chi connectivity index (χ2v) is 3.31. The molecule has 0 saturated carbocycles. The van der Waals surface area contributed by atoms with E-state index in [1.165, 1.54) is 12.1 Å². The molecule has 88 valence electrons. The van der Waals surface area contributed by atoms with Gasteiger partial charge in [-0.2, -0.15) is 13.2 Å². The maximum atomic E-state index is 12.5. The van der Waals surface area contributed by atoms with Crippen molar-refractivity contribution in [2.24, 2.45) is 0 Å². The van der Waals surface area contributed by atoms with E-state index in [9.17, 15) is 18.0 Å². The van der Waals surface area contributed by atoms with Crippen LogP contribution in [0.5, 0.6) is 0 Å². The predicted octanol–water partition coefficient (Wildman–Crippen LogP) is 3.17. The van der Waals surface area contributed by atoms with Gasteiger partial charge in [0.05, 0.1) is 17.3 Å². The molecule has 0 bridgehead atoms. The molecule has 0 spiro atoms. The molecule has 0 amide bonds. The highest BCUT2D eigenvalue weighted by Gasteiger charge is 2.30. The van der Waals surface area contributed by atoms with E-state index in [1.54, 1.807) is 0 Å². The highest BCUT2D eigenvalue weighted by atomic mass is 19.4. The fourth-order valence-corrected chi connectivity index (χ4v) is 1.39. The van der Waals surface area contributed by atoms with Gasteiger partial charge in [-0.25, -0.2) is 0 Å². The van der Waals surface area contributed by atoms with Crippen molar-refractivity contribution in [3.63, 3.8) is 0 Å². The van der Waals surface area contributed by atoms with Crippen molar-refractivity contribution in [3.05, 3.63) is 41.6 Å². The summed E-state index contributed by atoms with van der Waals surface area (Å²) in [5.74, 6) is 0.0334. The molecular formula is C11H6F3NO2. The lowest BCUT2D eigenvalue weighted by Gasteiger charge is -2.07. The van der Waals surface area contributed by atoms with E-state index in [0.717, 1.165) is 18.3 Å². The fourth-order valence-electron chi connectivity index (χ4n) is 1.39. The van der Waals surface area contributed by atoms with Gasteiger partial charge in [0.2, 0.25) is 0 Å². The van der Waals surface area contributed by atoms with Gasteiger partial charge in [-0.3, -0.25) is 4.79 Å². The van der Waals surface area contributed by atoms with E-state index in [1.807, 2.05) is 0 Å². The van der Waals surface area contributed by atoms with Crippen LogP contribution in [0.3, 0.4) is 0 Å². The summed E-state index contributed by atoms with van der Waals surface area (Å²) in [6.45, 7) is 0. The molecule has 0 fully saturated rings. The lowest BCUT2D eigenvalue weighted by atomic mass is 10.1. The number of benzene rings is 1. The highest BCUT2D eigenvalue weighted by Crippen LogP contribution is 2.32. The standard InChI is InChI=1S/C11H6F3NO2/c12-11(13,14)9-3-1-2-7(4-9)10-8(6-16)5-15-17-10/h1-6H. The fraction of sp³-hybridized carbons (Fsp3) is 0.0909. The Kier molecular flexibility index (Phi) is 2.71. The van der Waals surface area contributed by atoms with Crippen LogP contribution in [0.25, 0.3) is 11.3 Å². The van der Waals surface area contributed by atoms with Crippen LogP contribution in [0, 0.1) is 0 Å². The van der Waals surface area contributed by atoms with Gasteiger partial charge in [0.1, 0.15) is 0 Å². The van der Waals surface area contributed by atoms with Crippen LogP contribution in [0.4, 0.5) is 13.2 Å². The lowest BCUT2D eigenvalue weighted by Crippen LogP contribution is -2.04. The van der Waals surface area contributed by atoms with Crippen LogP contribution in [0.2, 0.25) is 0 Å². The van der Waals surface area contributed by atoms with Gasteiger partial charge < -0.3 is 4.52 Å². The summed E-state index contributed by atoms with van der Waals surface area (Å²) in [5.41, 5.74) is -0.521. The SMILES string of the molecule is O=Cc1cnoc1-c1cccc(C(F)(F)F)c1. The summed E-state index contributed by atoms with van der Waals surface area (Å²) < 4.78 is 42.2. The van der Waals surface area contributed by atoms with E-state index < -0.39 is 11.7 Å². The summed E-state index contributed by atoms with van der Waals surface area (Å²) in [6, 6.07) is 4.52. The van der Waals surface area contributed by atoms with Crippen molar-refractivity contribution in [3.8, 4) is 11.3 Å². The first kappa shape index (κ1) is 11.4. The second-order valence-electron chi connectivity index (χ2n) is 3.31. The number of aldehydes is 1. The molecule has 1 aromatic carbocycles. The zero-order chi connectivity index (χ0) is 12.5. The number of hydrogen-bond acceptors (Lipinski definition) is 3. The molecule has 0 aliphatic rings.